The number of nitro groups is 1. The van der Waals surface area contributed by atoms with Gasteiger partial charge in [0.05, 0.1) is 10.5 Å². The zero-order valence-corrected chi connectivity index (χ0v) is 11.1. The summed E-state index contributed by atoms with van der Waals surface area (Å²) in [5.41, 5.74) is 10.6. The molecular formula is C11H10N6O5. The summed E-state index contributed by atoms with van der Waals surface area (Å²) in [6.07, 6.45) is 0.170. The van der Waals surface area contributed by atoms with E-state index in [1.807, 2.05) is 0 Å². The Hall–Kier alpha value is -3.01. The minimum absolute atomic E-state index is 0.0850. The number of imide groups is 1. The molecule has 1 N–H and O–H groups in total. The first-order valence-corrected chi connectivity index (χ1v) is 6.08. The topological polar surface area (TPSA) is 151 Å². The Bertz CT molecular complexity index is 668. The van der Waals surface area contributed by atoms with Crippen molar-refractivity contribution in [3.05, 3.63) is 44.3 Å². The fourth-order valence-electron chi connectivity index (χ4n) is 1.83. The summed E-state index contributed by atoms with van der Waals surface area (Å²) >= 11 is 0. The van der Waals surface area contributed by atoms with Crippen LogP contribution in [-0.2, 0) is 21.0 Å². The molecule has 2 amide bonds. The zero-order valence-electron chi connectivity index (χ0n) is 11.1. The average molecular weight is 306 g/mol. The third kappa shape index (κ3) is 3.35. The van der Waals surface area contributed by atoms with Gasteiger partial charge >= 0.3 is 0 Å². The maximum absolute atomic E-state index is 11.3. The Kier molecular flexibility index (Phi) is 4.63. The van der Waals surface area contributed by atoms with Crippen LogP contribution in [-0.4, -0.2) is 21.7 Å². The summed E-state index contributed by atoms with van der Waals surface area (Å²) in [6.45, 7) is -0.303. The second-order valence-corrected chi connectivity index (χ2v) is 4.26. The minimum atomic E-state index is -0.620. The lowest BCUT2D eigenvalue weighted by Gasteiger charge is -2.14. The molecule has 1 aromatic carbocycles. The van der Waals surface area contributed by atoms with Crippen LogP contribution in [0.15, 0.2) is 23.3 Å². The maximum atomic E-state index is 11.3. The number of benzene rings is 1. The van der Waals surface area contributed by atoms with Gasteiger partial charge in [0, 0.05) is 29.5 Å². The van der Waals surface area contributed by atoms with E-state index in [4.69, 9.17) is 10.4 Å². The van der Waals surface area contributed by atoms with Crippen LogP contribution in [0.3, 0.4) is 0 Å². The van der Waals surface area contributed by atoms with E-state index < -0.39 is 16.7 Å². The lowest BCUT2D eigenvalue weighted by Crippen LogP contribution is -2.41. The van der Waals surface area contributed by atoms with E-state index >= 15 is 0 Å². The molecule has 0 aromatic heterocycles. The quantitative estimate of drug-likeness (QED) is 0.210. The van der Waals surface area contributed by atoms with Crippen molar-refractivity contribution < 1.29 is 19.3 Å². The SMILES string of the molecule is [N-]=[N+]=Nc1ccc([N+](=O)[O-])c(CONN2C(=O)CCC2=O)c1. The lowest BCUT2D eigenvalue weighted by atomic mass is 10.2. The molecule has 1 aromatic rings. The van der Waals surface area contributed by atoms with Crippen LogP contribution in [0.5, 0.6) is 0 Å². The molecule has 0 aliphatic carbocycles. The minimum Gasteiger partial charge on any atom is -0.277 e. The van der Waals surface area contributed by atoms with Gasteiger partial charge in [-0.05, 0) is 17.7 Å². The number of amides is 2. The Morgan fingerprint density at radius 2 is 2.09 bits per heavy atom. The Balaban J connectivity index is 2.09. The van der Waals surface area contributed by atoms with Crippen LogP contribution < -0.4 is 5.59 Å². The molecule has 1 aliphatic heterocycles. The largest absolute Gasteiger partial charge is 0.277 e. The van der Waals surface area contributed by atoms with E-state index in [9.17, 15) is 19.7 Å². The highest BCUT2D eigenvalue weighted by Gasteiger charge is 2.29. The highest BCUT2D eigenvalue weighted by molar-refractivity contribution is 6.01. The Morgan fingerprint density at radius 3 is 2.68 bits per heavy atom. The summed E-state index contributed by atoms with van der Waals surface area (Å²) in [4.78, 5) is 40.5. The van der Waals surface area contributed by atoms with E-state index in [0.29, 0.717) is 5.01 Å². The van der Waals surface area contributed by atoms with Gasteiger partial charge in [-0.2, -0.15) is 5.01 Å². The maximum Gasteiger partial charge on any atom is 0.275 e. The molecule has 11 nitrogen and oxygen atoms in total. The first kappa shape index (κ1) is 15.4. The number of nitrogens with one attached hydrogen (secondary N) is 1. The fourth-order valence-corrected chi connectivity index (χ4v) is 1.83. The van der Waals surface area contributed by atoms with Gasteiger partial charge < -0.3 is 0 Å². The summed E-state index contributed by atoms with van der Waals surface area (Å²) in [7, 11) is 0. The van der Waals surface area contributed by atoms with Gasteiger partial charge in [0.1, 0.15) is 6.61 Å². The smallest absolute Gasteiger partial charge is 0.275 e. The van der Waals surface area contributed by atoms with Crippen molar-refractivity contribution >= 4 is 23.2 Å². The number of hydrogen-bond acceptors (Lipinski definition) is 7. The molecule has 1 heterocycles. The number of carbonyl (C=O) groups excluding carboxylic acids is 2. The molecule has 1 saturated heterocycles. The predicted octanol–water partition coefficient (Wildman–Crippen LogP) is 1.62. The summed E-state index contributed by atoms with van der Waals surface area (Å²) in [6, 6.07) is 3.75. The summed E-state index contributed by atoms with van der Waals surface area (Å²) in [5.74, 6) is -0.885. The van der Waals surface area contributed by atoms with E-state index in [1.165, 1.54) is 18.2 Å². The van der Waals surface area contributed by atoms with E-state index in [-0.39, 0.29) is 36.4 Å². The van der Waals surface area contributed by atoms with Gasteiger partial charge in [0.15, 0.2) is 0 Å². The predicted molar refractivity (Wildman–Crippen MR) is 70.9 cm³/mol. The molecule has 2 rings (SSSR count). The normalized spacial score (nSPS) is 14.1. The number of nitrogens with zero attached hydrogens (tertiary/aromatic N) is 5. The van der Waals surface area contributed by atoms with Crippen LogP contribution in [0, 0.1) is 10.1 Å². The van der Waals surface area contributed by atoms with Gasteiger partial charge in [-0.1, -0.05) is 5.11 Å². The monoisotopic (exact) mass is 306 g/mol. The molecule has 0 radical (unpaired) electrons. The van der Waals surface area contributed by atoms with Crippen LogP contribution in [0.4, 0.5) is 11.4 Å². The van der Waals surface area contributed by atoms with Crippen molar-refractivity contribution in [3.8, 4) is 0 Å². The van der Waals surface area contributed by atoms with Gasteiger partial charge in [0.2, 0.25) is 11.8 Å². The average Bonchev–Trinajstić information content (AvgIpc) is 2.79. The van der Waals surface area contributed by atoms with Crippen LogP contribution in [0.25, 0.3) is 10.4 Å². The number of carbonyl (C=O) groups is 2. The highest BCUT2D eigenvalue weighted by atomic mass is 16.7. The molecule has 22 heavy (non-hydrogen) atoms. The van der Waals surface area contributed by atoms with Crippen LogP contribution >= 0.6 is 0 Å². The first-order valence-electron chi connectivity index (χ1n) is 6.08. The molecule has 0 spiro atoms. The van der Waals surface area contributed by atoms with Gasteiger partial charge in [-0.15, -0.1) is 5.59 Å². The number of nitro benzene ring substituents is 1. The first-order chi connectivity index (χ1) is 10.5. The van der Waals surface area contributed by atoms with E-state index in [2.05, 4.69) is 15.6 Å². The molecule has 0 saturated carbocycles. The number of rotatable bonds is 6. The lowest BCUT2D eigenvalue weighted by molar-refractivity contribution is -0.386. The fraction of sp³-hybridized carbons (Fsp3) is 0.273. The molecule has 11 heteroatoms. The third-order valence-corrected chi connectivity index (χ3v) is 2.86. The number of hydrazine groups is 1. The standard InChI is InChI=1S/C11H10N6O5/c12-14-13-8-1-2-9(17(20)21)7(5-8)6-22-15-16-10(18)3-4-11(16)19/h1-2,5,15H,3-4,6H2. The van der Waals surface area contributed by atoms with Crippen molar-refractivity contribution in [2.45, 2.75) is 19.4 Å². The summed E-state index contributed by atoms with van der Waals surface area (Å²) < 4.78 is 0. The highest BCUT2D eigenvalue weighted by Crippen LogP contribution is 2.25. The van der Waals surface area contributed by atoms with Crippen molar-refractivity contribution in [2.75, 3.05) is 0 Å². The number of hydrogen-bond donors (Lipinski definition) is 1. The van der Waals surface area contributed by atoms with Gasteiger partial charge in [-0.25, -0.2) is 0 Å². The third-order valence-electron chi connectivity index (χ3n) is 2.86. The van der Waals surface area contributed by atoms with Crippen LogP contribution in [0.1, 0.15) is 18.4 Å². The van der Waals surface area contributed by atoms with Gasteiger partial charge in [-0.3, -0.25) is 24.5 Å². The molecular weight excluding hydrogens is 296 g/mol. The Morgan fingerprint density at radius 1 is 1.41 bits per heavy atom. The van der Waals surface area contributed by atoms with Crippen LogP contribution in [0.2, 0.25) is 0 Å². The zero-order chi connectivity index (χ0) is 16.1. The second-order valence-electron chi connectivity index (χ2n) is 4.26. The van der Waals surface area contributed by atoms with Gasteiger partial charge in [0.25, 0.3) is 5.69 Å². The summed E-state index contributed by atoms with van der Waals surface area (Å²) in [5, 5.41) is 15.0. The van der Waals surface area contributed by atoms with E-state index in [0.717, 1.165) is 0 Å². The Labute approximate surface area is 123 Å². The van der Waals surface area contributed by atoms with E-state index in [1.54, 1.807) is 0 Å². The molecule has 1 fully saturated rings. The van der Waals surface area contributed by atoms with Crippen molar-refractivity contribution in [2.24, 2.45) is 5.11 Å². The van der Waals surface area contributed by atoms with Crippen molar-refractivity contribution in [1.82, 2.24) is 10.6 Å². The molecule has 0 bridgehead atoms. The second kappa shape index (κ2) is 6.63. The number of azide groups is 1. The molecule has 0 atom stereocenters. The molecule has 1 aliphatic rings. The molecule has 0 unspecified atom stereocenters. The molecule has 114 valence electrons. The van der Waals surface area contributed by atoms with Crippen molar-refractivity contribution in [3.63, 3.8) is 0 Å². The van der Waals surface area contributed by atoms with Crippen molar-refractivity contribution in [1.29, 1.82) is 0 Å².